The van der Waals surface area contributed by atoms with E-state index >= 15 is 0 Å². The van der Waals surface area contributed by atoms with Crippen molar-refractivity contribution in [2.75, 3.05) is 26.7 Å². The van der Waals surface area contributed by atoms with Crippen LogP contribution in [0.3, 0.4) is 0 Å². The molecule has 0 amide bonds. The average Bonchev–Trinajstić information content (AvgIpc) is 3.22. The van der Waals surface area contributed by atoms with E-state index in [2.05, 4.69) is 30.7 Å². The smallest absolute Gasteiger partial charge is 0.0124 e. The van der Waals surface area contributed by atoms with Gasteiger partial charge in [0.05, 0.1) is 0 Å². The fourth-order valence-corrected chi connectivity index (χ4v) is 6.55. The molecule has 4 rings (SSSR count). The SMILES string of the molecule is CC1CCC2CN(C(C)CCC3CCC4C3CCN4C)CC12. The van der Waals surface area contributed by atoms with Gasteiger partial charge < -0.3 is 9.80 Å². The Kier molecular flexibility index (Phi) is 4.28. The van der Waals surface area contributed by atoms with E-state index < -0.39 is 0 Å². The minimum Gasteiger partial charge on any atom is -0.303 e. The maximum Gasteiger partial charge on any atom is 0.0124 e. The average molecular weight is 305 g/mol. The number of nitrogens with zero attached hydrogens (tertiary/aromatic N) is 2. The summed E-state index contributed by atoms with van der Waals surface area (Å²) in [6.07, 6.45) is 10.4. The van der Waals surface area contributed by atoms with Crippen LogP contribution in [0.1, 0.15) is 58.8 Å². The fraction of sp³-hybridized carbons (Fsp3) is 1.00. The van der Waals surface area contributed by atoms with Crippen LogP contribution in [0.2, 0.25) is 0 Å². The summed E-state index contributed by atoms with van der Waals surface area (Å²) in [6, 6.07) is 1.77. The second-order valence-corrected chi connectivity index (χ2v) is 9.20. The molecule has 2 saturated heterocycles. The Morgan fingerprint density at radius 1 is 1.00 bits per heavy atom. The van der Waals surface area contributed by atoms with Gasteiger partial charge in [-0.15, -0.1) is 0 Å². The van der Waals surface area contributed by atoms with Gasteiger partial charge in [-0.3, -0.25) is 0 Å². The summed E-state index contributed by atoms with van der Waals surface area (Å²) in [5.74, 6) is 5.14. The van der Waals surface area contributed by atoms with E-state index in [9.17, 15) is 0 Å². The molecule has 0 radical (unpaired) electrons. The molecule has 2 aliphatic heterocycles. The maximum absolute atomic E-state index is 2.85. The minimum absolute atomic E-state index is 0.830. The summed E-state index contributed by atoms with van der Waals surface area (Å²) in [5, 5.41) is 0. The molecule has 2 nitrogen and oxygen atoms in total. The van der Waals surface area contributed by atoms with Crippen molar-refractivity contribution >= 4 is 0 Å². The highest BCUT2D eigenvalue weighted by Gasteiger charge is 2.43. The highest BCUT2D eigenvalue weighted by Crippen LogP contribution is 2.45. The second kappa shape index (κ2) is 6.09. The molecule has 2 saturated carbocycles. The largest absolute Gasteiger partial charge is 0.303 e. The lowest BCUT2D eigenvalue weighted by atomic mass is 9.88. The molecule has 4 fully saturated rings. The molecular weight excluding hydrogens is 268 g/mol. The predicted molar refractivity (Wildman–Crippen MR) is 92.9 cm³/mol. The first-order valence-electron chi connectivity index (χ1n) is 10.1. The molecule has 4 aliphatic rings. The third-order valence-electron chi connectivity index (χ3n) is 8.14. The van der Waals surface area contributed by atoms with Gasteiger partial charge in [0.25, 0.3) is 0 Å². The van der Waals surface area contributed by atoms with Crippen LogP contribution >= 0.6 is 0 Å². The molecular formula is C20H36N2. The summed E-state index contributed by atoms with van der Waals surface area (Å²) in [5.41, 5.74) is 0. The van der Waals surface area contributed by atoms with Gasteiger partial charge in [-0.1, -0.05) is 13.3 Å². The van der Waals surface area contributed by atoms with Crippen LogP contribution < -0.4 is 0 Å². The van der Waals surface area contributed by atoms with Crippen LogP contribution in [-0.4, -0.2) is 48.6 Å². The van der Waals surface area contributed by atoms with E-state index in [1.165, 1.54) is 64.6 Å². The van der Waals surface area contributed by atoms with E-state index in [4.69, 9.17) is 0 Å². The van der Waals surface area contributed by atoms with Crippen molar-refractivity contribution in [3.8, 4) is 0 Å². The van der Waals surface area contributed by atoms with E-state index in [1.54, 1.807) is 0 Å². The number of hydrogen-bond acceptors (Lipinski definition) is 2. The topological polar surface area (TPSA) is 6.48 Å². The van der Waals surface area contributed by atoms with Crippen LogP contribution in [0.15, 0.2) is 0 Å². The van der Waals surface area contributed by atoms with Crippen LogP contribution in [-0.2, 0) is 0 Å². The molecule has 22 heavy (non-hydrogen) atoms. The highest BCUT2D eigenvalue weighted by atomic mass is 15.2. The van der Waals surface area contributed by atoms with Gasteiger partial charge in [-0.2, -0.15) is 0 Å². The molecule has 0 aromatic carbocycles. The number of rotatable bonds is 4. The molecule has 0 aromatic rings. The first kappa shape index (κ1) is 15.4. The van der Waals surface area contributed by atoms with Gasteiger partial charge in [0.15, 0.2) is 0 Å². The molecule has 0 N–H and O–H groups in total. The first-order chi connectivity index (χ1) is 10.6. The standard InChI is InChI=1S/C20H36N2/c1-14-4-6-17-12-22(13-19(14)17)15(2)5-7-16-8-9-20-18(16)10-11-21(20)3/h14-20H,4-13H2,1-3H3. The maximum atomic E-state index is 2.85. The normalized spacial score (nSPS) is 47.0. The number of fused-ring (bicyclic) bond motifs is 2. The van der Waals surface area contributed by atoms with Crippen molar-refractivity contribution in [1.82, 2.24) is 9.80 Å². The van der Waals surface area contributed by atoms with Crippen molar-refractivity contribution in [3.05, 3.63) is 0 Å². The van der Waals surface area contributed by atoms with Crippen LogP contribution in [0, 0.1) is 29.6 Å². The molecule has 126 valence electrons. The Bertz CT molecular complexity index is 395. The summed E-state index contributed by atoms with van der Waals surface area (Å²) in [4.78, 5) is 5.48. The highest BCUT2D eigenvalue weighted by molar-refractivity contribution is 4.96. The van der Waals surface area contributed by atoms with E-state index in [-0.39, 0.29) is 0 Å². The van der Waals surface area contributed by atoms with Gasteiger partial charge in [0, 0.05) is 25.2 Å². The lowest BCUT2D eigenvalue weighted by Gasteiger charge is -2.28. The molecule has 0 bridgehead atoms. The van der Waals surface area contributed by atoms with Gasteiger partial charge >= 0.3 is 0 Å². The summed E-state index contributed by atoms with van der Waals surface area (Å²) in [7, 11) is 2.35. The number of likely N-dealkylation sites (tertiary alicyclic amines) is 2. The fourth-order valence-electron chi connectivity index (χ4n) is 6.55. The van der Waals surface area contributed by atoms with Crippen molar-refractivity contribution in [2.24, 2.45) is 29.6 Å². The zero-order valence-corrected chi connectivity index (χ0v) is 15.0. The van der Waals surface area contributed by atoms with E-state index in [0.29, 0.717) is 0 Å². The zero-order chi connectivity index (χ0) is 15.3. The molecule has 2 heterocycles. The summed E-state index contributed by atoms with van der Waals surface area (Å²) < 4.78 is 0. The first-order valence-corrected chi connectivity index (χ1v) is 10.1. The van der Waals surface area contributed by atoms with Crippen LogP contribution in [0.5, 0.6) is 0 Å². The molecule has 2 aliphatic carbocycles. The lowest BCUT2D eigenvalue weighted by molar-refractivity contribution is 0.202. The van der Waals surface area contributed by atoms with Gasteiger partial charge in [-0.05, 0) is 88.6 Å². The summed E-state index contributed by atoms with van der Waals surface area (Å²) in [6.45, 7) is 9.18. The number of hydrogen-bond donors (Lipinski definition) is 0. The monoisotopic (exact) mass is 304 g/mol. The minimum atomic E-state index is 0.830. The van der Waals surface area contributed by atoms with Gasteiger partial charge in [0.1, 0.15) is 0 Å². The summed E-state index contributed by atoms with van der Waals surface area (Å²) >= 11 is 0. The van der Waals surface area contributed by atoms with Crippen molar-refractivity contribution in [3.63, 3.8) is 0 Å². The molecule has 2 heteroatoms. The predicted octanol–water partition coefficient (Wildman–Crippen LogP) is 3.86. The van der Waals surface area contributed by atoms with E-state index in [1.807, 2.05) is 0 Å². The third-order valence-corrected chi connectivity index (χ3v) is 8.14. The Morgan fingerprint density at radius 3 is 2.68 bits per heavy atom. The molecule has 7 unspecified atom stereocenters. The Morgan fingerprint density at radius 2 is 1.86 bits per heavy atom. The zero-order valence-electron chi connectivity index (χ0n) is 15.0. The Balaban J connectivity index is 1.26. The second-order valence-electron chi connectivity index (χ2n) is 9.20. The van der Waals surface area contributed by atoms with Crippen molar-refractivity contribution < 1.29 is 0 Å². The Labute approximate surface area is 137 Å². The van der Waals surface area contributed by atoms with E-state index in [0.717, 1.165) is 41.7 Å². The van der Waals surface area contributed by atoms with Gasteiger partial charge in [-0.25, -0.2) is 0 Å². The lowest BCUT2D eigenvalue weighted by Crippen LogP contribution is -2.33. The van der Waals surface area contributed by atoms with Crippen molar-refractivity contribution in [1.29, 1.82) is 0 Å². The molecule has 7 atom stereocenters. The van der Waals surface area contributed by atoms with Crippen LogP contribution in [0.4, 0.5) is 0 Å². The van der Waals surface area contributed by atoms with Crippen LogP contribution in [0.25, 0.3) is 0 Å². The van der Waals surface area contributed by atoms with Crippen molar-refractivity contribution in [2.45, 2.75) is 70.9 Å². The Hall–Kier alpha value is -0.0800. The van der Waals surface area contributed by atoms with Gasteiger partial charge in [0.2, 0.25) is 0 Å². The molecule has 0 aromatic heterocycles. The molecule has 0 spiro atoms. The third kappa shape index (κ3) is 2.65. The quantitative estimate of drug-likeness (QED) is 0.778.